The van der Waals surface area contributed by atoms with Crippen LogP contribution in [0.2, 0.25) is 5.02 Å². The van der Waals surface area contributed by atoms with Gasteiger partial charge in [0.15, 0.2) is 5.57 Å². The SMILES string of the molecule is COc1ccc(-n2nc3cc(C)c(NC=C4C(=O)OC(C)(C)OC4=O)cc3n2)cc1Cl. The second-order valence-corrected chi connectivity index (χ2v) is 7.75. The number of benzene rings is 2. The second-order valence-electron chi connectivity index (χ2n) is 7.35. The largest absolute Gasteiger partial charge is 0.495 e. The van der Waals surface area contributed by atoms with Gasteiger partial charge in [-0.25, -0.2) is 9.59 Å². The van der Waals surface area contributed by atoms with E-state index in [0.29, 0.717) is 33.2 Å². The van der Waals surface area contributed by atoms with Crippen molar-refractivity contribution in [3.8, 4) is 11.4 Å². The first-order valence-corrected chi connectivity index (χ1v) is 9.69. The Bertz CT molecular complexity index is 1230. The minimum Gasteiger partial charge on any atom is -0.495 e. The van der Waals surface area contributed by atoms with Gasteiger partial charge >= 0.3 is 11.9 Å². The van der Waals surface area contributed by atoms with Crippen LogP contribution >= 0.6 is 11.6 Å². The Hall–Kier alpha value is -3.59. The van der Waals surface area contributed by atoms with E-state index in [2.05, 4.69) is 15.5 Å². The van der Waals surface area contributed by atoms with Crippen LogP contribution in [0.15, 0.2) is 42.1 Å². The van der Waals surface area contributed by atoms with E-state index in [0.717, 1.165) is 5.56 Å². The molecule has 0 bridgehead atoms. The zero-order chi connectivity index (χ0) is 22.3. The van der Waals surface area contributed by atoms with Gasteiger partial charge in [0, 0.05) is 25.7 Å². The van der Waals surface area contributed by atoms with Crippen molar-refractivity contribution < 1.29 is 23.8 Å². The summed E-state index contributed by atoms with van der Waals surface area (Å²) >= 11 is 6.20. The summed E-state index contributed by atoms with van der Waals surface area (Å²) < 4.78 is 15.3. The Labute approximate surface area is 182 Å². The molecule has 0 spiro atoms. The number of methoxy groups -OCH3 is 1. The fourth-order valence-electron chi connectivity index (χ4n) is 3.05. The molecule has 2 aromatic carbocycles. The van der Waals surface area contributed by atoms with E-state index in [1.807, 2.05) is 13.0 Å². The van der Waals surface area contributed by atoms with Crippen LogP contribution in [0.1, 0.15) is 19.4 Å². The molecule has 0 atom stereocenters. The monoisotopic (exact) mass is 442 g/mol. The molecule has 1 aromatic heterocycles. The highest BCUT2D eigenvalue weighted by molar-refractivity contribution is 6.32. The summed E-state index contributed by atoms with van der Waals surface area (Å²) in [5.74, 6) is -2.24. The molecular weight excluding hydrogens is 424 g/mol. The predicted octanol–water partition coefficient (Wildman–Crippen LogP) is 3.52. The number of aromatic nitrogens is 3. The predicted molar refractivity (Wildman–Crippen MR) is 113 cm³/mol. The van der Waals surface area contributed by atoms with Gasteiger partial charge in [0.05, 0.1) is 17.8 Å². The molecule has 10 heteroatoms. The molecule has 1 N–H and O–H groups in total. The van der Waals surface area contributed by atoms with Gasteiger partial charge in [0.1, 0.15) is 16.8 Å². The molecule has 1 aliphatic heterocycles. The Morgan fingerprint density at radius 2 is 1.74 bits per heavy atom. The van der Waals surface area contributed by atoms with E-state index in [-0.39, 0.29) is 5.57 Å². The fraction of sp³-hybridized carbons (Fsp3) is 0.238. The van der Waals surface area contributed by atoms with E-state index < -0.39 is 17.7 Å². The Balaban J connectivity index is 1.63. The summed E-state index contributed by atoms with van der Waals surface area (Å²) in [7, 11) is 1.54. The number of cyclic esters (lactones) is 2. The van der Waals surface area contributed by atoms with Crippen LogP contribution in [0.3, 0.4) is 0 Å². The van der Waals surface area contributed by atoms with E-state index in [9.17, 15) is 9.59 Å². The molecule has 1 saturated heterocycles. The Morgan fingerprint density at radius 3 is 2.35 bits per heavy atom. The van der Waals surface area contributed by atoms with Crippen LogP contribution in [0.4, 0.5) is 5.69 Å². The average molecular weight is 443 g/mol. The third-order valence-electron chi connectivity index (χ3n) is 4.58. The molecule has 0 radical (unpaired) electrons. The van der Waals surface area contributed by atoms with Crippen LogP contribution in [-0.2, 0) is 19.1 Å². The minimum atomic E-state index is -1.29. The number of hydrogen-bond donors (Lipinski definition) is 1. The number of carbonyl (C=O) groups excluding carboxylic acids is 2. The van der Waals surface area contributed by atoms with Crippen molar-refractivity contribution in [1.82, 2.24) is 15.0 Å². The molecule has 0 unspecified atom stereocenters. The van der Waals surface area contributed by atoms with E-state index in [1.165, 1.54) is 24.8 Å². The van der Waals surface area contributed by atoms with Crippen molar-refractivity contribution in [2.75, 3.05) is 12.4 Å². The summed E-state index contributed by atoms with van der Waals surface area (Å²) in [4.78, 5) is 25.7. The van der Waals surface area contributed by atoms with Gasteiger partial charge in [-0.15, -0.1) is 10.2 Å². The molecule has 0 amide bonds. The van der Waals surface area contributed by atoms with Crippen LogP contribution in [-0.4, -0.2) is 39.8 Å². The van der Waals surface area contributed by atoms with Crippen molar-refractivity contribution in [3.05, 3.63) is 52.7 Å². The van der Waals surface area contributed by atoms with Crippen LogP contribution in [0.25, 0.3) is 16.7 Å². The molecule has 160 valence electrons. The van der Waals surface area contributed by atoms with Gasteiger partial charge in [-0.3, -0.25) is 0 Å². The average Bonchev–Trinajstić information content (AvgIpc) is 3.09. The normalized spacial score (nSPS) is 15.5. The third-order valence-corrected chi connectivity index (χ3v) is 4.88. The lowest BCUT2D eigenvalue weighted by Gasteiger charge is -2.29. The zero-order valence-electron chi connectivity index (χ0n) is 17.2. The highest BCUT2D eigenvalue weighted by atomic mass is 35.5. The molecule has 1 fully saturated rings. The van der Waals surface area contributed by atoms with E-state index in [4.69, 9.17) is 25.8 Å². The number of nitrogens with one attached hydrogen (secondary N) is 1. The maximum absolute atomic E-state index is 12.1. The van der Waals surface area contributed by atoms with Crippen molar-refractivity contribution in [2.45, 2.75) is 26.6 Å². The van der Waals surface area contributed by atoms with Crippen LogP contribution in [0, 0.1) is 6.92 Å². The number of rotatable bonds is 4. The maximum Gasteiger partial charge on any atom is 0.350 e. The molecule has 0 saturated carbocycles. The number of hydrogen-bond acceptors (Lipinski definition) is 8. The maximum atomic E-state index is 12.1. The quantitative estimate of drug-likeness (QED) is 0.372. The van der Waals surface area contributed by atoms with Gasteiger partial charge in [0.2, 0.25) is 0 Å². The number of esters is 2. The summed E-state index contributed by atoms with van der Waals surface area (Å²) in [5.41, 5.74) is 3.20. The number of fused-ring (bicyclic) bond motifs is 1. The molecule has 3 aromatic rings. The summed E-state index contributed by atoms with van der Waals surface area (Å²) in [6, 6.07) is 8.84. The van der Waals surface area contributed by atoms with Gasteiger partial charge in [-0.05, 0) is 42.8 Å². The van der Waals surface area contributed by atoms with E-state index >= 15 is 0 Å². The smallest absolute Gasteiger partial charge is 0.350 e. The Morgan fingerprint density at radius 1 is 1.10 bits per heavy atom. The van der Waals surface area contributed by atoms with Gasteiger partial charge < -0.3 is 19.5 Å². The topological polar surface area (TPSA) is 105 Å². The first kappa shape index (κ1) is 20.7. The highest BCUT2D eigenvalue weighted by Gasteiger charge is 2.38. The van der Waals surface area contributed by atoms with Crippen molar-refractivity contribution >= 4 is 40.3 Å². The van der Waals surface area contributed by atoms with E-state index in [1.54, 1.807) is 31.4 Å². The van der Waals surface area contributed by atoms with Crippen molar-refractivity contribution in [1.29, 1.82) is 0 Å². The molecular formula is C21H19ClN4O5. The van der Waals surface area contributed by atoms with Crippen molar-refractivity contribution in [3.63, 3.8) is 0 Å². The van der Waals surface area contributed by atoms with Crippen LogP contribution in [0.5, 0.6) is 5.75 Å². The fourth-order valence-corrected chi connectivity index (χ4v) is 3.30. The Kier molecular flexibility index (Phi) is 5.06. The first-order valence-electron chi connectivity index (χ1n) is 9.32. The lowest BCUT2D eigenvalue weighted by Crippen LogP contribution is -2.42. The highest BCUT2D eigenvalue weighted by Crippen LogP contribution is 2.28. The molecule has 0 aliphatic carbocycles. The standard InChI is InChI=1S/C21H19ClN4O5/c1-11-7-16-17(25-26(24-16)12-5-6-18(29-4)14(22)8-12)9-15(11)23-10-13-19(27)30-21(2,3)31-20(13)28/h5-10,23H,1-4H3. The lowest BCUT2D eigenvalue weighted by molar-refractivity contribution is -0.222. The summed E-state index contributed by atoms with van der Waals surface area (Å²) in [6.45, 7) is 4.85. The number of anilines is 1. The van der Waals surface area contributed by atoms with Crippen molar-refractivity contribution in [2.24, 2.45) is 0 Å². The molecule has 31 heavy (non-hydrogen) atoms. The third kappa shape index (κ3) is 4.04. The summed E-state index contributed by atoms with van der Waals surface area (Å²) in [6.07, 6.45) is 1.27. The van der Waals surface area contributed by atoms with Gasteiger partial charge in [-0.2, -0.15) is 4.80 Å². The minimum absolute atomic E-state index is 0.227. The molecule has 1 aliphatic rings. The second kappa shape index (κ2) is 7.59. The molecule has 4 rings (SSSR count). The van der Waals surface area contributed by atoms with Gasteiger partial charge in [-0.1, -0.05) is 11.6 Å². The number of halogens is 1. The number of ether oxygens (including phenoxy) is 3. The molecule has 9 nitrogen and oxygen atoms in total. The first-order chi connectivity index (χ1) is 14.7. The number of aryl methyl sites for hydroxylation is 1. The molecule has 2 heterocycles. The van der Waals surface area contributed by atoms with Crippen LogP contribution < -0.4 is 10.1 Å². The van der Waals surface area contributed by atoms with Gasteiger partial charge in [0.25, 0.3) is 5.79 Å². The summed E-state index contributed by atoms with van der Waals surface area (Å²) in [5, 5.41) is 12.4. The lowest BCUT2D eigenvalue weighted by atomic mass is 10.1. The number of carbonyl (C=O) groups is 2. The number of nitrogens with zero attached hydrogens (tertiary/aromatic N) is 3. The zero-order valence-corrected chi connectivity index (χ0v) is 18.0.